The van der Waals surface area contributed by atoms with E-state index in [0.717, 1.165) is 35.5 Å². The van der Waals surface area contributed by atoms with E-state index >= 15 is 0 Å². The molecule has 1 N–H and O–H groups in total. The van der Waals surface area contributed by atoms with Gasteiger partial charge in [0.1, 0.15) is 5.75 Å². The van der Waals surface area contributed by atoms with Crippen LogP contribution < -0.4 is 10.1 Å². The minimum atomic E-state index is -0.733. The number of carbonyl (C=O) groups is 1. The first-order valence-electron chi connectivity index (χ1n) is 9.51. The SMILES string of the molecule is CCNCc1cc(C)ccc1-c1cc(C(C)(C)C(=O)OCC)ccc1OC. The minimum Gasteiger partial charge on any atom is -0.496 e. The summed E-state index contributed by atoms with van der Waals surface area (Å²) in [5, 5.41) is 3.40. The summed E-state index contributed by atoms with van der Waals surface area (Å²) in [7, 11) is 1.67. The zero-order valence-electron chi connectivity index (χ0n) is 17.3. The quantitative estimate of drug-likeness (QED) is 0.690. The molecule has 2 aromatic carbocycles. The first-order valence-corrected chi connectivity index (χ1v) is 9.51. The number of aryl methyl sites for hydroxylation is 1. The van der Waals surface area contributed by atoms with Gasteiger partial charge in [0.2, 0.25) is 0 Å². The number of carbonyl (C=O) groups excluding carboxylic acids is 1. The normalized spacial score (nSPS) is 11.3. The Morgan fingerprint density at radius 1 is 1.07 bits per heavy atom. The van der Waals surface area contributed by atoms with Crippen molar-refractivity contribution in [2.24, 2.45) is 0 Å². The van der Waals surface area contributed by atoms with E-state index in [1.54, 1.807) is 7.11 Å². The second-order valence-electron chi connectivity index (χ2n) is 7.20. The van der Waals surface area contributed by atoms with Gasteiger partial charge in [0.25, 0.3) is 0 Å². The zero-order valence-corrected chi connectivity index (χ0v) is 17.3. The lowest BCUT2D eigenvalue weighted by Gasteiger charge is -2.24. The molecule has 0 radical (unpaired) electrons. The lowest BCUT2D eigenvalue weighted by Crippen LogP contribution is -2.31. The topological polar surface area (TPSA) is 47.6 Å². The molecule has 27 heavy (non-hydrogen) atoms. The van der Waals surface area contributed by atoms with Crippen LogP contribution in [0.15, 0.2) is 36.4 Å². The van der Waals surface area contributed by atoms with E-state index in [9.17, 15) is 4.79 Å². The van der Waals surface area contributed by atoms with Gasteiger partial charge in [-0.25, -0.2) is 0 Å². The fourth-order valence-electron chi connectivity index (χ4n) is 3.13. The summed E-state index contributed by atoms with van der Waals surface area (Å²) >= 11 is 0. The Morgan fingerprint density at radius 2 is 1.81 bits per heavy atom. The first-order chi connectivity index (χ1) is 12.8. The van der Waals surface area contributed by atoms with E-state index in [4.69, 9.17) is 9.47 Å². The molecule has 0 saturated carbocycles. The van der Waals surface area contributed by atoms with Gasteiger partial charge in [0, 0.05) is 12.1 Å². The number of methoxy groups -OCH3 is 1. The van der Waals surface area contributed by atoms with Crippen LogP contribution in [0.2, 0.25) is 0 Å². The number of ether oxygens (including phenoxy) is 2. The van der Waals surface area contributed by atoms with Crippen molar-refractivity contribution in [3.63, 3.8) is 0 Å². The fraction of sp³-hybridized carbons (Fsp3) is 0.435. The van der Waals surface area contributed by atoms with Crippen molar-refractivity contribution in [3.8, 4) is 16.9 Å². The molecule has 4 heteroatoms. The van der Waals surface area contributed by atoms with Crippen molar-refractivity contribution in [3.05, 3.63) is 53.1 Å². The molecule has 4 nitrogen and oxygen atoms in total. The average Bonchev–Trinajstić information content (AvgIpc) is 2.66. The molecule has 0 unspecified atom stereocenters. The summed E-state index contributed by atoms with van der Waals surface area (Å²) < 4.78 is 10.9. The molecule has 0 bridgehead atoms. The van der Waals surface area contributed by atoms with E-state index in [1.165, 1.54) is 11.1 Å². The number of esters is 1. The van der Waals surface area contributed by atoms with Crippen molar-refractivity contribution in [2.45, 2.75) is 46.6 Å². The van der Waals surface area contributed by atoms with Crippen molar-refractivity contribution in [1.82, 2.24) is 5.32 Å². The highest BCUT2D eigenvalue weighted by Gasteiger charge is 2.32. The first kappa shape index (κ1) is 21.0. The molecule has 0 aliphatic rings. The van der Waals surface area contributed by atoms with E-state index in [2.05, 4.69) is 43.4 Å². The van der Waals surface area contributed by atoms with Crippen LogP contribution in [0.5, 0.6) is 5.75 Å². The number of hydrogen-bond acceptors (Lipinski definition) is 4. The Hall–Kier alpha value is -2.33. The van der Waals surface area contributed by atoms with E-state index in [0.29, 0.717) is 6.61 Å². The molecular formula is C23H31NO3. The van der Waals surface area contributed by atoms with Gasteiger partial charge in [-0.3, -0.25) is 4.79 Å². The van der Waals surface area contributed by atoms with Crippen LogP contribution in [-0.4, -0.2) is 26.2 Å². The molecule has 0 aliphatic carbocycles. The maximum atomic E-state index is 12.5. The van der Waals surface area contributed by atoms with Crippen molar-refractivity contribution >= 4 is 5.97 Å². The number of nitrogens with one attached hydrogen (secondary N) is 1. The van der Waals surface area contributed by atoms with Gasteiger partial charge in [-0.1, -0.05) is 36.8 Å². The molecular weight excluding hydrogens is 338 g/mol. The molecule has 0 aliphatic heterocycles. The second kappa shape index (κ2) is 9.05. The summed E-state index contributed by atoms with van der Waals surface area (Å²) in [4.78, 5) is 12.5. The largest absolute Gasteiger partial charge is 0.496 e. The predicted molar refractivity (Wildman–Crippen MR) is 110 cm³/mol. The summed E-state index contributed by atoms with van der Waals surface area (Å²) in [6.07, 6.45) is 0. The van der Waals surface area contributed by atoms with Gasteiger partial charge < -0.3 is 14.8 Å². The smallest absolute Gasteiger partial charge is 0.315 e. The second-order valence-corrected chi connectivity index (χ2v) is 7.20. The van der Waals surface area contributed by atoms with Crippen LogP contribution >= 0.6 is 0 Å². The lowest BCUT2D eigenvalue weighted by atomic mass is 9.82. The predicted octanol–water partition coefficient (Wildman–Crippen LogP) is 4.62. The monoisotopic (exact) mass is 369 g/mol. The van der Waals surface area contributed by atoms with Gasteiger partial charge in [0.15, 0.2) is 0 Å². The fourth-order valence-corrected chi connectivity index (χ4v) is 3.13. The van der Waals surface area contributed by atoms with Crippen molar-refractivity contribution < 1.29 is 14.3 Å². The molecule has 2 aromatic rings. The molecule has 0 heterocycles. The highest BCUT2D eigenvalue weighted by atomic mass is 16.5. The summed E-state index contributed by atoms with van der Waals surface area (Å²) in [5.74, 6) is 0.568. The maximum absolute atomic E-state index is 12.5. The zero-order chi connectivity index (χ0) is 20.0. The van der Waals surface area contributed by atoms with Gasteiger partial charge in [-0.2, -0.15) is 0 Å². The van der Waals surface area contributed by atoms with Gasteiger partial charge in [-0.15, -0.1) is 0 Å². The Kier molecular flexibility index (Phi) is 7.03. The van der Waals surface area contributed by atoms with Crippen LogP contribution in [0.25, 0.3) is 11.1 Å². The molecule has 0 fully saturated rings. The molecule has 2 rings (SSSR count). The van der Waals surface area contributed by atoms with Crippen LogP contribution in [0, 0.1) is 6.92 Å². The summed E-state index contributed by atoms with van der Waals surface area (Å²) in [6, 6.07) is 12.4. The van der Waals surface area contributed by atoms with E-state index in [-0.39, 0.29) is 5.97 Å². The third kappa shape index (κ3) is 4.69. The van der Waals surface area contributed by atoms with Gasteiger partial charge >= 0.3 is 5.97 Å². The Labute approximate surface area is 162 Å². The Morgan fingerprint density at radius 3 is 2.44 bits per heavy atom. The molecule has 146 valence electrons. The highest BCUT2D eigenvalue weighted by molar-refractivity contribution is 5.84. The van der Waals surface area contributed by atoms with Crippen LogP contribution in [-0.2, 0) is 21.5 Å². The minimum absolute atomic E-state index is 0.224. The van der Waals surface area contributed by atoms with Crippen LogP contribution in [0.4, 0.5) is 0 Å². The lowest BCUT2D eigenvalue weighted by molar-refractivity contribution is -0.148. The number of benzene rings is 2. The van der Waals surface area contributed by atoms with Gasteiger partial charge in [0.05, 0.1) is 19.1 Å². The number of hydrogen-bond donors (Lipinski definition) is 1. The molecule has 0 saturated heterocycles. The van der Waals surface area contributed by atoms with Crippen molar-refractivity contribution in [2.75, 3.05) is 20.3 Å². The van der Waals surface area contributed by atoms with Gasteiger partial charge in [-0.05, 0) is 63.1 Å². The maximum Gasteiger partial charge on any atom is 0.315 e. The summed E-state index contributed by atoms with van der Waals surface area (Å²) in [6.45, 7) is 11.9. The summed E-state index contributed by atoms with van der Waals surface area (Å²) in [5.41, 5.74) is 4.70. The Balaban J connectivity index is 2.58. The molecule has 0 atom stereocenters. The highest BCUT2D eigenvalue weighted by Crippen LogP contribution is 2.37. The van der Waals surface area contributed by atoms with E-state index < -0.39 is 5.41 Å². The molecule has 0 aromatic heterocycles. The van der Waals surface area contributed by atoms with Crippen molar-refractivity contribution in [1.29, 1.82) is 0 Å². The number of rotatable bonds is 8. The standard InChI is InChI=1S/C23H31NO3/c1-7-24-15-17-13-16(3)9-11-19(17)20-14-18(10-12-21(20)26-6)23(4,5)22(25)27-8-2/h9-14,24H,7-8,15H2,1-6H3. The van der Waals surface area contributed by atoms with Crippen LogP contribution in [0.1, 0.15) is 44.4 Å². The average molecular weight is 370 g/mol. The molecule has 0 spiro atoms. The third-order valence-corrected chi connectivity index (χ3v) is 4.82. The van der Waals surface area contributed by atoms with E-state index in [1.807, 2.05) is 32.9 Å². The molecule has 0 amide bonds. The van der Waals surface area contributed by atoms with Crippen LogP contribution in [0.3, 0.4) is 0 Å². The Bertz CT molecular complexity index is 796. The third-order valence-electron chi connectivity index (χ3n) is 4.82.